The summed E-state index contributed by atoms with van der Waals surface area (Å²) < 4.78 is 28.6. The molecule has 184 valence electrons. The number of hydrogen-bond acceptors (Lipinski definition) is 6. The molecule has 35 heavy (non-hydrogen) atoms. The van der Waals surface area contributed by atoms with Gasteiger partial charge < -0.3 is 10.0 Å². The van der Waals surface area contributed by atoms with Crippen LogP contribution in [0.2, 0.25) is 0 Å². The third-order valence-electron chi connectivity index (χ3n) is 7.02. The molecule has 8 nitrogen and oxygen atoms in total. The third kappa shape index (κ3) is 5.11. The fraction of sp³-hybridized carbons (Fsp3) is 0.385. The summed E-state index contributed by atoms with van der Waals surface area (Å²) >= 11 is 0. The van der Waals surface area contributed by atoms with Crippen LogP contribution in [0.4, 0.5) is 5.69 Å². The van der Waals surface area contributed by atoms with Gasteiger partial charge in [-0.1, -0.05) is 31.0 Å². The number of aromatic hydroxyl groups is 1. The molecule has 2 N–H and O–H groups in total. The molecule has 1 aliphatic carbocycles. The molecule has 0 atom stereocenters. The summed E-state index contributed by atoms with van der Waals surface area (Å²) in [6.07, 6.45) is 6.81. The van der Waals surface area contributed by atoms with Gasteiger partial charge in [0.1, 0.15) is 10.6 Å². The highest BCUT2D eigenvalue weighted by Gasteiger charge is 2.27. The van der Waals surface area contributed by atoms with E-state index in [1.807, 2.05) is 0 Å². The maximum absolute atomic E-state index is 13.0. The van der Waals surface area contributed by atoms with Crippen molar-refractivity contribution in [3.8, 4) is 5.75 Å². The van der Waals surface area contributed by atoms with E-state index in [4.69, 9.17) is 0 Å². The second-order valence-electron chi connectivity index (χ2n) is 9.41. The molecule has 0 unspecified atom stereocenters. The van der Waals surface area contributed by atoms with Crippen LogP contribution in [0.25, 0.3) is 10.9 Å². The molecule has 2 aliphatic rings. The van der Waals surface area contributed by atoms with E-state index in [1.165, 1.54) is 49.9 Å². The number of phenols is 1. The SMILES string of the molecule is O=C(c1ccc(NS(=O)(=O)c2cccc3cccnc23)cc1O)N1CCN(CC2CCCC2)CC1. The van der Waals surface area contributed by atoms with Gasteiger partial charge in [-0.25, -0.2) is 8.42 Å². The van der Waals surface area contributed by atoms with Crippen LogP contribution in [0.5, 0.6) is 5.75 Å². The number of nitrogens with zero attached hydrogens (tertiary/aromatic N) is 3. The van der Waals surface area contributed by atoms with Crippen LogP contribution in [-0.2, 0) is 10.0 Å². The monoisotopic (exact) mass is 494 g/mol. The lowest BCUT2D eigenvalue weighted by Gasteiger charge is -2.36. The summed E-state index contributed by atoms with van der Waals surface area (Å²) in [7, 11) is -3.95. The number of fused-ring (bicyclic) bond motifs is 1. The molecular weight excluding hydrogens is 464 g/mol. The molecule has 0 spiro atoms. The number of nitrogens with one attached hydrogen (secondary N) is 1. The molecule has 1 saturated carbocycles. The van der Waals surface area contributed by atoms with E-state index in [1.54, 1.807) is 35.4 Å². The van der Waals surface area contributed by atoms with Crippen LogP contribution in [0.1, 0.15) is 36.0 Å². The summed E-state index contributed by atoms with van der Waals surface area (Å²) in [5.41, 5.74) is 0.711. The number of carbonyl (C=O) groups is 1. The van der Waals surface area contributed by atoms with E-state index >= 15 is 0 Å². The molecule has 9 heteroatoms. The molecule has 1 aromatic heterocycles. The molecule has 1 amide bonds. The van der Waals surface area contributed by atoms with Gasteiger partial charge >= 0.3 is 0 Å². The highest BCUT2D eigenvalue weighted by atomic mass is 32.2. The molecule has 5 rings (SSSR count). The second kappa shape index (κ2) is 9.83. The normalized spacial score (nSPS) is 17.7. The fourth-order valence-corrected chi connectivity index (χ4v) is 6.37. The Hall–Kier alpha value is -3.17. The first-order chi connectivity index (χ1) is 16.9. The summed E-state index contributed by atoms with van der Waals surface area (Å²) in [5, 5.41) is 11.3. The zero-order valence-corrected chi connectivity index (χ0v) is 20.4. The van der Waals surface area contributed by atoms with E-state index in [9.17, 15) is 18.3 Å². The molecule has 0 radical (unpaired) electrons. The number of phenolic OH excluding ortho intramolecular Hbond substituents is 1. The number of carbonyl (C=O) groups excluding carboxylic acids is 1. The van der Waals surface area contributed by atoms with Crippen molar-refractivity contribution in [2.45, 2.75) is 30.6 Å². The van der Waals surface area contributed by atoms with Crippen molar-refractivity contribution in [2.24, 2.45) is 5.92 Å². The van der Waals surface area contributed by atoms with Crippen molar-refractivity contribution < 1.29 is 18.3 Å². The molecule has 1 saturated heterocycles. The molecule has 0 bridgehead atoms. The zero-order chi connectivity index (χ0) is 24.4. The van der Waals surface area contributed by atoms with Crippen LogP contribution >= 0.6 is 0 Å². The number of amides is 1. The lowest BCUT2D eigenvalue weighted by molar-refractivity contribution is 0.0615. The zero-order valence-electron chi connectivity index (χ0n) is 19.6. The molecule has 1 aliphatic heterocycles. The van der Waals surface area contributed by atoms with Crippen molar-refractivity contribution in [3.63, 3.8) is 0 Å². The summed E-state index contributed by atoms with van der Waals surface area (Å²) in [6, 6.07) is 12.7. The van der Waals surface area contributed by atoms with Gasteiger partial charge in [0.2, 0.25) is 0 Å². The minimum absolute atomic E-state index is 0.0470. The maximum Gasteiger partial charge on any atom is 0.264 e. The summed E-state index contributed by atoms with van der Waals surface area (Å²) in [5.74, 6) is 0.289. The van der Waals surface area contributed by atoms with Crippen LogP contribution in [0.15, 0.2) is 59.6 Å². The van der Waals surface area contributed by atoms with Gasteiger partial charge in [-0.15, -0.1) is 0 Å². The Balaban J connectivity index is 1.26. The quantitative estimate of drug-likeness (QED) is 0.542. The van der Waals surface area contributed by atoms with E-state index in [0.29, 0.717) is 24.0 Å². The first-order valence-corrected chi connectivity index (χ1v) is 13.6. The topological polar surface area (TPSA) is 103 Å². The van der Waals surface area contributed by atoms with Crippen LogP contribution < -0.4 is 4.72 Å². The van der Waals surface area contributed by atoms with Crippen molar-refractivity contribution in [1.82, 2.24) is 14.8 Å². The molecule has 3 aromatic rings. The standard InChI is InChI=1S/C26H30N4O4S/c31-23-17-21(28-35(33,34)24-9-3-7-20-8-4-12-27-25(20)24)10-11-22(23)26(32)30-15-13-29(14-16-30)18-19-5-1-2-6-19/h3-4,7-12,17,19,28,31H,1-2,5-6,13-16,18H2. The number of piperazine rings is 1. The summed E-state index contributed by atoms with van der Waals surface area (Å²) in [4.78, 5) is 21.5. The predicted molar refractivity (Wildman–Crippen MR) is 135 cm³/mol. The lowest BCUT2D eigenvalue weighted by Crippen LogP contribution is -2.49. The van der Waals surface area contributed by atoms with Gasteiger partial charge in [0.15, 0.2) is 0 Å². The highest BCUT2D eigenvalue weighted by Crippen LogP contribution is 2.29. The molecule has 2 aromatic carbocycles. The predicted octanol–water partition coefficient (Wildman–Crippen LogP) is 3.69. The number of anilines is 1. The first kappa shape index (κ1) is 23.6. The fourth-order valence-electron chi connectivity index (χ4n) is 5.14. The largest absolute Gasteiger partial charge is 0.507 e. The Morgan fingerprint density at radius 2 is 1.77 bits per heavy atom. The smallest absolute Gasteiger partial charge is 0.264 e. The van der Waals surface area contributed by atoms with Gasteiger partial charge in [0.25, 0.3) is 15.9 Å². The first-order valence-electron chi connectivity index (χ1n) is 12.1. The van der Waals surface area contributed by atoms with Crippen molar-refractivity contribution >= 4 is 32.5 Å². The number of para-hydroxylation sites is 1. The van der Waals surface area contributed by atoms with Crippen LogP contribution in [-0.4, -0.2) is 66.9 Å². The van der Waals surface area contributed by atoms with Gasteiger partial charge in [0.05, 0.1) is 16.8 Å². The number of rotatable bonds is 6. The number of hydrogen-bond donors (Lipinski definition) is 2. The third-order valence-corrected chi connectivity index (χ3v) is 8.43. The highest BCUT2D eigenvalue weighted by molar-refractivity contribution is 7.93. The lowest BCUT2D eigenvalue weighted by atomic mass is 10.1. The number of aromatic nitrogens is 1. The van der Waals surface area contributed by atoms with Gasteiger partial charge in [0, 0.05) is 50.4 Å². The Labute approximate surface area is 205 Å². The minimum atomic E-state index is -3.95. The van der Waals surface area contributed by atoms with E-state index < -0.39 is 10.0 Å². The number of benzene rings is 2. The average Bonchev–Trinajstić information content (AvgIpc) is 3.37. The van der Waals surface area contributed by atoms with E-state index in [-0.39, 0.29) is 27.8 Å². The summed E-state index contributed by atoms with van der Waals surface area (Å²) in [6.45, 7) is 4.01. The second-order valence-corrected chi connectivity index (χ2v) is 11.1. The molecular formula is C26H30N4O4S. The molecule has 2 fully saturated rings. The van der Waals surface area contributed by atoms with Crippen molar-refractivity contribution in [2.75, 3.05) is 37.4 Å². The van der Waals surface area contributed by atoms with Gasteiger partial charge in [-0.3, -0.25) is 19.4 Å². The van der Waals surface area contributed by atoms with Crippen LogP contribution in [0, 0.1) is 5.92 Å². The number of sulfonamides is 1. The number of pyridine rings is 1. The molecule has 2 heterocycles. The Bertz CT molecular complexity index is 1320. The Kier molecular flexibility index (Phi) is 6.62. The Morgan fingerprint density at radius 3 is 2.51 bits per heavy atom. The Morgan fingerprint density at radius 1 is 1.03 bits per heavy atom. The van der Waals surface area contributed by atoms with Crippen LogP contribution in [0.3, 0.4) is 0 Å². The minimum Gasteiger partial charge on any atom is -0.507 e. The van der Waals surface area contributed by atoms with Crippen molar-refractivity contribution in [3.05, 3.63) is 60.3 Å². The van der Waals surface area contributed by atoms with E-state index in [0.717, 1.165) is 25.6 Å². The van der Waals surface area contributed by atoms with E-state index in [2.05, 4.69) is 14.6 Å². The van der Waals surface area contributed by atoms with Gasteiger partial charge in [-0.05, 0) is 43.0 Å². The van der Waals surface area contributed by atoms with Crippen molar-refractivity contribution in [1.29, 1.82) is 0 Å². The van der Waals surface area contributed by atoms with Gasteiger partial charge in [-0.2, -0.15) is 0 Å². The average molecular weight is 495 g/mol. The maximum atomic E-state index is 13.0.